The summed E-state index contributed by atoms with van der Waals surface area (Å²) in [6.45, 7) is 4.74. The molecule has 3 aromatic rings. The molecule has 0 saturated carbocycles. The Morgan fingerprint density at radius 3 is 2.72 bits per heavy atom. The van der Waals surface area contributed by atoms with Gasteiger partial charge in [0.25, 0.3) is 0 Å². The van der Waals surface area contributed by atoms with E-state index in [1.165, 1.54) is 5.69 Å². The molecule has 25 heavy (non-hydrogen) atoms. The summed E-state index contributed by atoms with van der Waals surface area (Å²) in [6.07, 6.45) is 3.66. The second-order valence-corrected chi connectivity index (χ2v) is 6.20. The molecule has 1 atom stereocenters. The summed E-state index contributed by atoms with van der Waals surface area (Å²) in [5.74, 6) is 0.742. The van der Waals surface area contributed by atoms with Crippen molar-refractivity contribution in [1.29, 1.82) is 0 Å². The van der Waals surface area contributed by atoms with Crippen molar-refractivity contribution in [2.24, 2.45) is 0 Å². The van der Waals surface area contributed by atoms with Crippen molar-refractivity contribution in [3.05, 3.63) is 42.7 Å². The van der Waals surface area contributed by atoms with E-state index in [2.05, 4.69) is 51.4 Å². The minimum Gasteiger partial charge on any atom is -0.375 e. The maximum atomic E-state index is 5.62. The lowest BCUT2D eigenvalue weighted by Gasteiger charge is -2.33. The van der Waals surface area contributed by atoms with Crippen LogP contribution in [0, 0.1) is 0 Å². The van der Waals surface area contributed by atoms with Gasteiger partial charge in [0.1, 0.15) is 5.52 Å². The van der Waals surface area contributed by atoms with Crippen molar-refractivity contribution >= 4 is 22.5 Å². The number of fused-ring (bicyclic) bond motifs is 1. The maximum absolute atomic E-state index is 5.62. The van der Waals surface area contributed by atoms with Crippen LogP contribution in [0.4, 0.5) is 11.5 Å². The number of nitrogens with one attached hydrogen (secondary N) is 1. The number of anilines is 2. The number of pyridine rings is 1. The molecule has 0 amide bonds. The number of hydrogen-bond acceptors (Lipinski definition) is 6. The van der Waals surface area contributed by atoms with Gasteiger partial charge in [-0.15, -0.1) is 0 Å². The zero-order valence-corrected chi connectivity index (χ0v) is 14.4. The monoisotopic (exact) mass is 335 g/mol. The molecule has 0 aliphatic carbocycles. The van der Waals surface area contributed by atoms with E-state index in [1.54, 1.807) is 12.4 Å². The van der Waals surface area contributed by atoms with E-state index < -0.39 is 0 Å². The molecule has 128 valence electrons. The minimum atomic E-state index is 0.271. The summed E-state index contributed by atoms with van der Waals surface area (Å²) in [5, 5.41) is 3.11. The molecule has 1 saturated heterocycles. The largest absolute Gasteiger partial charge is 0.375 e. The first-order chi connectivity index (χ1) is 12.2. The Kier molecular flexibility index (Phi) is 4.19. The molecule has 4 rings (SSSR count). The van der Waals surface area contributed by atoms with E-state index in [-0.39, 0.29) is 6.10 Å². The molecule has 6 nitrogen and oxygen atoms in total. The first-order valence-electron chi connectivity index (χ1n) is 8.51. The predicted octanol–water partition coefficient (Wildman–Crippen LogP) is 2.96. The Labute approximate surface area is 146 Å². The molecule has 1 fully saturated rings. The van der Waals surface area contributed by atoms with Gasteiger partial charge in [-0.25, -0.2) is 9.97 Å². The highest BCUT2D eigenvalue weighted by molar-refractivity contribution is 5.88. The van der Waals surface area contributed by atoms with E-state index in [0.717, 1.165) is 47.8 Å². The second kappa shape index (κ2) is 6.64. The second-order valence-electron chi connectivity index (χ2n) is 6.20. The fourth-order valence-electron chi connectivity index (χ4n) is 3.19. The number of nitrogens with zero attached hydrogens (tertiary/aromatic N) is 4. The first-order valence-corrected chi connectivity index (χ1v) is 8.51. The molecule has 0 radical (unpaired) electrons. The molecule has 1 aliphatic rings. The van der Waals surface area contributed by atoms with E-state index in [0.29, 0.717) is 0 Å². The van der Waals surface area contributed by atoms with Crippen LogP contribution in [0.1, 0.15) is 6.92 Å². The molecule has 1 aliphatic heterocycles. The Bertz CT molecular complexity index is 881. The van der Waals surface area contributed by atoms with Crippen molar-refractivity contribution in [2.45, 2.75) is 13.0 Å². The van der Waals surface area contributed by atoms with Gasteiger partial charge in [-0.3, -0.25) is 4.98 Å². The number of morpholine rings is 1. The predicted molar refractivity (Wildman–Crippen MR) is 99.9 cm³/mol. The lowest BCUT2D eigenvalue weighted by molar-refractivity contribution is 0.0532. The van der Waals surface area contributed by atoms with E-state index >= 15 is 0 Å². The van der Waals surface area contributed by atoms with Gasteiger partial charge in [-0.2, -0.15) is 0 Å². The summed E-state index contributed by atoms with van der Waals surface area (Å²) in [5.41, 5.74) is 4.79. The van der Waals surface area contributed by atoms with E-state index in [9.17, 15) is 0 Å². The molecule has 6 heteroatoms. The third-order valence-corrected chi connectivity index (χ3v) is 4.46. The van der Waals surface area contributed by atoms with E-state index in [1.807, 2.05) is 13.1 Å². The van der Waals surface area contributed by atoms with Crippen LogP contribution >= 0.6 is 0 Å². The van der Waals surface area contributed by atoms with Crippen LogP contribution in [0.5, 0.6) is 0 Å². The van der Waals surface area contributed by atoms with Gasteiger partial charge in [-0.05, 0) is 25.1 Å². The first kappa shape index (κ1) is 15.8. The third-order valence-electron chi connectivity index (χ3n) is 4.46. The zero-order valence-electron chi connectivity index (χ0n) is 14.4. The van der Waals surface area contributed by atoms with Crippen LogP contribution in [-0.2, 0) is 4.74 Å². The normalized spacial score (nSPS) is 17.7. The number of ether oxygens (including phenoxy) is 1. The van der Waals surface area contributed by atoms with Crippen molar-refractivity contribution in [3.63, 3.8) is 0 Å². The van der Waals surface area contributed by atoms with Gasteiger partial charge in [0, 0.05) is 43.8 Å². The highest BCUT2D eigenvalue weighted by Crippen LogP contribution is 2.27. The molecule has 3 heterocycles. The third kappa shape index (κ3) is 3.13. The molecular weight excluding hydrogens is 314 g/mol. The summed E-state index contributed by atoms with van der Waals surface area (Å²) >= 11 is 0. The van der Waals surface area contributed by atoms with Crippen molar-refractivity contribution in [1.82, 2.24) is 15.0 Å². The highest BCUT2D eigenvalue weighted by atomic mass is 16.5. The summed E-state index contributed by atoms with van der Waals surface area (Å²) in [7, 11) is 1.85. The number of hydrogen-bond donors (Lipinski definition) is 1. The van der Waals surface area contributed by atoms with Crippen molar-refractivity contribution in [3.8, 4) is 11.3 Å². The lowest BCUT2D eigenvalue weighted by atomic mass is 10.1. The van der Waals surface area contributed by atoms with Gasteiger partial charge in [-0.1, -0.05) is 12.1 Å². The summed E-state index contributed by atoms with van der Waals surface area (Å²) in [6, 6.07) is 10.5. The molecule has 1 aromatic carbocycles. The lowest BCUT2D eigenvalue weighted by Crippen LogP contribution is -2.41. The average Bonchev–Trinajstić information content (AvgIpc) is 2.67. The molecule has 0 bridgehead atoms. The van der Waals surface area contributed by atoms with Gasteiger partial charge in [0.15, 0.2) is 5.82 Å². The topological polar surface area (TPSA) is 63.2 Å². The Balaban J connectivity index is 1.67. The number of rotatable bonds is 3. The number of aromatic nitrogens is 3. The highest BCUT2D eigenvalue weighted by Gasteiger charge is 2.17. The average molecular weight is 335 g/mol. The fraction of sp³-hybridized carbons (Fsp3) is 0.316. The van der Waals surface area contributed by atoms with Crippen molar-refractivity contribution in [2.75, 3.05) is 37.0 Å². The molecule has 0 spiro atoms. The minimum absolute atomic E-state index is 0.271. The standard InChI is InChI=1S/C19H21N5O/c1-13-12-24(9-10-25-13)15-5-3-14(4-6-15)16-11-17-18(19(20-2)23-16)22-8-7-21-17/h3-8,11,13H,9-10,12H2,1-2H3,(H,20,23). The van der Waals surface area contributed by atoms with Crippen molar-refractivity contribution < 1.29 is 4.74 Å². The SMILES string of the molecule is CNc1nc(-c2ccc(N3CCOC(C)C3)cc2)cc2nccnc12. The Morgan fingerprint density at radius 1 is 1.16 bits per heavy atom. The van der Waals surface area contributed by atoms with Gasteiger partial charge < -0.3 is 15.0 Å². The van der Waals surface area contributed by atoms with Gasteiger partial charge in [0.05, 0.1) is 23.9 Å². The summed E-state index contributed by atoms with van der Waals surface area (Å²) in [4.78, 5) is 15.8. The Hall–Kier alpha value is -2.73. The quantitative estimate of drug-likeness (QED) is 0.794. The van der Waals surface area contributed by atoms with Crippen LogP contribution in [0.2, 0.25) is 0 Å². The van der Waals surface area contributed by atoms with Gasteiger partial charge in [0.2, 0.25) is 0 Å². The molecule has 1 N–H and O–H groups in total. The van der Waals surface area contributed by atoms with Crippen LogP contribution in [0.15, 0.2) is 42.7 Å². The summed E-state index contributed by atoms with van der Waals surface area (Å²) < 4.78 is 5.62. The Morgan fingerprint density at radius 2 is 1.96 bits per heavy atom. The fourth-order valence-corrected chi connectivity index (χ4v) is 3.19. The van der Waals surface area contributed by atoms with E-state index in [4.69, 9.17) is 9.72 Å². The molecule has 2 aromatic heterocycles. The van der Waals surface area contributed by atoms with Crippen LogP contribution in [0.3, 0.4) is 0 Å². The van der Waals surface area contributed by atoms with Crippen LogP contribution in [0.25, 0.3) is 22.3 Å². The van der Waals surface area contributed by atoms with Crippen LogP contribution < -0.4 is 10.2 Å². The maximum Gasteiger partial charge on any atom is 0.154 e. The van der Waals surface area contributed by atoms with Crippen LogP contribution in [-0.4, -0.2) is 47.8 Å². The zero-order chi connectivity index (χ0) is 17.2. The smallest absolute Gasteiger partial charge is 0.154 e. The molecule has 1 unspecified atom stereocenters. The number of benzene rings is 1. The van der Waals surface area contributed by atoms with Gasteiger partial charge >= 0.3 is 0 Å². The molecular formula is C19H21N5O.